The van der Waals surface area contributed by atoms with Gasteiger partial charge in [-0.05, 0) is 49.3 Å². The minimum absolute atomic E-state index is 0.00437. The minimum Gasteiger partial charge on any atom is -0.342 e. The largest absolute Gasteiger partial charge is 0.342 e. The summed E-state index contributed by atoms with van der Waals surface area (Å²) >= 11 is 0. The van der Waals surface area contributed by atoms with Crippen LogP contribution < -0.4 is 0 Å². The predicted molar refractivity (Wildman–Crippen MR) is 86.2 cm³/mol. The number of rotatable bonds is 3. The molecule has 0 aromatic heterocycles. The Morgan fingerprint density at radius 3 is 2.57 bits per heavy atom. The number of carbonyl (C=O) groups excluding carboxylic acids is 1. The summed E-state index contributed by atoms with van der Waals surface area (Å²) in [6.45, 7) is 1.35. The second kappa shape index (κ2) is 6.59. The molecule has 0 N–H and O–H groups in total. The number of amides is 1. The van der Waals surface area contributed by atoms with Crippen LogP contribution in [0.25, 0.3) is 0 Å². The van der Waals surface area contributed by atoms with E-state index in [0.29, 0.717) is 25.4 Å². The van der Waals surface area contributed by atoms with E-state index in [-0.39, 0.29) is 29.1 Å². The summed E-state index contributed by atoms with van der Waals surface area (Å²) in [5, 5.41) is 0. The highest BCUT2D eigenvalue weighted by Crippen LogP contribution is 2.26. The standard InChI is InChI=1S/C17H22FNO3S/c18-16-3-1-2-14(11-16)10-13-4-7-19(8-5-13)17(20)15-6-9-23(21,22)12-15/h1-3,11,13,15H,4-10,12H2/t15-/m1/s1. The van der Waals surface area contributed by atoms with Gasteiger partial charge in [0.25, 0.3) is 0 Å². The number of hydrogen-bond donors (Lipinski definition) is 0. The molecule has 23 heavy (non-hydrogen) atoms. The Kier molecular flexibility index (Phi) is 4.71. The van der Waals surface area contributed by atoms with E-state index in [1.165, 1.54) is 6.07 Å². The molecule has 1 aromatic rings. The highest BCUT2D eigenvalue weighted by Gasteiger charge is 2.36. The van der Waals surface area contributed by atoms with E-state index in [2.05, 4.69) is 0 Å². The quantitative estimate of drug-likeness (QED) is 0.847. The van der Waals surface area contributed by atoms with Gasteiger partial charge >= 0.3 is 0 Å². The predicted octanol–water partition coefficient (Wildman–Crippen LogP) is 2.04. The van der Waals surface area contributed by atoms with Crippen LogP contribution in [-0.4, -0.2) is 43.8 Å². The van der Waals surface area contributed by atoms with Crippen molar-refractivity contribution in [2.24, 2.45) is 11.8 Å². The molecule has 1 aromatic carbocycles. The first-order chi connectivity index (χ1) is 10.9. The molecule has 126 valence electrons. The maximum absolute atomic E-state index is 13.2. The lowest BCUT2D eigenvalue weighted by Crippen LogP contribution is -2.42. The highest BCUT2D eigenvalue weighted by molar-refractivity contribution is 7.91. The molecule has 0 bridgehead atoms. The van der Waals surface area contributed by atoms with Crippen LogP contribution in [0.1, 0.15) is 24.8 Å². The van der Waals surface area contributed by atoms with Crippen molar-refractivity contribution >= 4 is 15.7 Å². The molecule has 2 aliphatic heterocycles. The van der Waals surface area contributed by atoms with Gasteiger partial charge in [0, 0.05) is 13.1 Å². The number of sulfone groups is 1. The number of halogens is 1. The van der Waals surface area contributed by atoms with Gasteiger partial charge < -0.3 is 4.90 Å². The molecule has 0 spiro atoms. The van der Waals surface area contributed by atoms with E-state index >= 15 is 0 Å². The fourth-order valence-corrected chi connectivity index (χ4v) is 5.34. The molecule has 3 rings (SSSR count). The third-order valence-electron chi connectivity index (χ3n) is 4.92. The third kappa shape index (κ3) is 4.10. The maximum Gasteiger partial charge on any atom is 0.226 e. The Morgan fingerprint density at radius 1 is 1.22 bits per heavy atom. The van der Waals surface area contributed by atoms with Crippen molar-refractivity contribution in [2.45, 2.75) is 25.7 Å². The van der Waals surface area contributed by atoms with Crippen LogP contribution in [0.5, 0.6) is 0 Å². The lowest BCUT2D eigenvalue weighted by atomic mass is 9.89. The number of carbonyl (C=O) groups is 1. The molecule has 2 fully saturated rings. The lowest BCUT2D eigenvalue weighted by Gasteiger charge is -2.33. The zero-order valence-corrected chi connectivity index (χ0v) is 13.9. The van der Waals surface area contributed by atoms with Crippen molar-refractivity contribution in [3.8, 4) is 0 Å². The monoisotopic (exact) mass is 339 g/mol. The number of likely N-dealkylation sites (tertiary alicyclic amines) is 1. The van der Waals surface area contributed by atoms with Crippen LogP contribution >= 0.6 is 0 Å². The van der Waals surface area contributed by atoms with Gasteiger partial charge in [0.05, 0.1) is 17.4 Å². The van der Waals surface area contributed by atoms with E-state index in [9.17, 15) is 17.6 Å². The zero-order chi connectivity index (χ0) is 16.4. The fourth-order valence-electron chi connectivity index (χ4n) is 3.60. The van der Waals surface area contributed by atoms with Crippen molar-refractivity contribution in [3.63, 3.8) is 0 Å². The van der Waals surface area contributed by atoms with E-state index in [0.717, 1.165) is 24.8 Å². The molecule has 2 aliphatic rings. The van der Waals surface area contributed by atoms with Crippen LogP contribution in [0.4, 0.5) is 4.39 Å². The van der Waals surface area contributed by atoms with Crippen LogP contribution in [0.3, 0.4) is 0 Å². The Hall–Kier alpha value is -1.43. The summed E-state index contributed by atoms with van der Waals surface area (Å²) in [5.41, 5.74) is 0.997. The second-order valence-electron chi connectivity index (χ2n) is 6.70. The van der Waals surface area contributed by atoms with Gasteiger partial charge in [0.1, 0.15) is 5.82 Å². The summed E-state index contributed by atoms with van der Waals surface area (Å²) < 4.78 is 36.2. The van der Waals surface area contributed by atoms with Crippen LogP contribution in [-0.2, 0) is 21.1 Å². The normalized spacial score (nSPS) is 24.7. The van der Waals surface area contributed by atoms with E-state index in [1.54, 1.807) is 12.1 Å². The van der Waals surface area contributed by atoms with Gasteiger partial charge in [0.15, 0.2) is 9.84 Å². The average Bonchev–Trinajstić information content (AvgIpc) is 2.87. The first-order valence-corrected chi connectivity index (χ1v) is 9.99. The first kappa shape index (κ1) is 16.4. The molecule has 4 nitrogen and oxygen atoms in total. The number of benzene rings is 1. The Labute approximate surface area is 136 Å². The molecule has 0 radical (unpaired) electrons. The van der Waals surface area contributed by atoms with Gasteiger partial charge in [-0.15, -0.1) is 0 Å². The molecule has 0 unspecified atom stereocenters. The van der Waals surface area contributed by atoms with E-state index in [1.807, 2.05) is 11.0 Å². The Morgan fingerprint density at radius 2 is 1.96 bits per heavy atom. The summed E-state index contributed by atoms with van der Waals surface area (Å²) in [6, 6.07) is 6.68. The molecular formula is C17H22FNO3S. The molecule has 1 amide bonds. The summed E-state index contributed by atoms with van der Waals surface area (Å²) in [4.78, 5) is 14.2. The summed E-state index contributed by atoms with van der Waals surface area (Å²) in [7, 11) is -3.02. The summed E-state index contributed by atoms with van der Waals surface area (Å²) in [5.74, 6) is 0.0369. The van der Waals surface area contributed by atoms with Gasteiger partial charge in [-0.25, -0.2) is 12.8 Å². The molecule has 0 saturated carbocycles. The van der Waals surface area contributed by atoms with Crippen molar-refractivity contribution < 1.29 is 17.6 Å². The minimum atomic E-state index is -3.02. The molecule has 0 aliphatic carbocycles. The van der Waals surface area contributed by atoms with Crippen molar-refractivity contribution in [1.29, 1.82) is 0 Å². The van der Waals surface area contributed by atoms with E-state index in [4.69, 9.17) is 0 Å². The van der Waals surface area contributed by atoms with Gasteiger partial charge in [-0.3, -0.25) is 4.79 Å². The van der Waals surface area contributed by atoms with Crippen LogP contribution in [0.15, 0.2) is 24.3 Å². The average molecular weight is 339 g/mol. The molecule has 2 heterocycles. The molecule has 6 heteroatoms. The lowest BCUT2D eigenvalue weighted by molar-refractivity contribution is -0.136. The van der Waals surface area contributed by atoms with Crippen molar-refractivity contribution in [3.05, 3.63) is 35.6 Å². The van der Waals surface area contributed by atoms with Gasteiger partial charge in [-0.1, -0.05) is 12.1 Å². The van der Waals surface area contributed by atoms with E-state index < -0.39 is 9.84 Å². The Balaban J connectivity index is 1.51. The summed E-state index contributed by atoms with van der Waals surface area (Å²) in [6.07, 6.45) is 3.07. The smallest absolute Gasteiger partial charge is 0.226 e. The second-order valence-corrected chi connectivity index (χ2v) is 8.93. The van der Waals surface area contributed by atoms with Gasteiger partial charge in [0.2, 0.25) is 5.91 Å². The molecule has 2 saturated heterocycles. The SMILES string of the molecule is O=C([C@@H]1CCS(=O)(=O)C1)N1CCC(Cc2cccc(F)c2)CC1. The highest BCUT2D eigenvalue weighted by atomic mass is 32.2. The molecule has 1 atom stereocenters. The van der Waals surface area contributed by atoms with Crippen molar-refractivity contribution in [2.75, 3.05) is 24.6 Å². The molecular weight excluding hydrogens is 317 g/mol. The number of nitrogens with zero attached hydrogens (tertiary/aromatic N) is 1. The maximum atomic E-state index is 13.2. The fraction of sp³-hybridized carbons (Fsp3) is 0.588. The number of hydrogen-bond acceptors (Lipinski definition) is 3. The topological polar surface area (TPSA) is 54.5 Å². The van der Waals surface area contributed by atoms with Crippen molar-refractivity contribution in [1.82, 2.24) is 4.90 Å². The van der Waals surface area contributed by atoms with Crippen LogP contribution in [0.2, 0.25) is 0 Å². The van der Waals surface area contributed by atoms with Crippen LogP contribution in [0, 0.1) is 17.7 Å². The zero-order valence-electron chi connectivity index (χ0n) is 13.1. The van der Waals surface area contributed by atoms with Gasteiger partial charge in [-0.2, -0.15) is 0 Å². The number of piperidine rings is 1. The Bertz CT molecular complexity index is 681. The first-order valence-electron chi connectivity index (χ1n) is 8.16. The third-order valence-corrected chi connectivity index (χ3v) is 6.69.